The van der Waals surface area contributed by atoms with Crippen molar-refractivity contribution in [2.45, 2.75) is 0 Å². The summed E-state index contributed by atoms with van der Waals surface area (Å²) in [5.74, 6) is 0.565. The fourth-order valence-corrected chi connectivity index (χ4v) is 0.266. The molecule has 0 aromatic carbocycles. The summed E-state index contributed by atoms with van der Waals surface area (Å²) in [6, 6.07) is 0. The van der Waals surface area contributed by atoms with Crippen LogP contribution in [0.5, 0.6) is 0 Å². The summed E-state index contributed by atoms with van der Waals surface area (Å²) >= 11 is 5.23. The van der Waals surface area contributed by atoms with Crippen LogP contribution >= 0.6 is 11.6 Å². The van der Waals surface area contributed by atoms with Crippen molar-refractivity contribution in [3.8, 4) is 0 Å². The van der Waals surface area contributed by atoms with Gasteiger partial charge < -0.3 is 4.74 Å². The lowest BCUT2D eigenvalue weighted by molar-refractivity contribution is 0.178. The first-order chi connectivity index (χ1) is 2.91. The summed E-state index contributed by atoms with van der Waals surface area (Å²) in [5.41, 5.74) is 0. The van der Waals surface area contributed by atoms with Crippen molar-refractivity contribution in [1.29, 1.82) is 0 Å². The number of hydrogen-bond acceptors (Lipinski definition) is 1. The highest BCUT2D eigenvalue weighted by atomic mass is 35.5. The third-order valence-corrected chi connectivity index (χ3v) is 0.520. The van der Waals surface area contributed by atoms with Crippen LogP contribution in [0.1, 0.15) is 0 Å². The van der Waals surface area contributed by atoms with E-state index in [0.717, 1.165) is 0 Å². The molecular formula is C4H8ClO. The standard InChI is InChI=1S/C4H8ClO/c1-2-6-4-3-5/h1-4H2. The molecule has 0 aliphatic heterocycles. The van der Waals surface area contributed by atoms with E-state index in [0.29, 0.717) is 19.1 Å². The highest BCUT2D eigenvalue weighted by Gasteiger charge is 1.74. The van der Waals surface area contributed by atoms with Gasteiger partial charge in [-0.2, -0.15) is 0 Å². The SMILES string of the molecule is [CH2]COCCCl. The minimum Gasteiger partial charge on any atom is -0.380 e. The lowest BCUT2D eigenvalue weighted by Crippen LogP contribution is -1.92. The molecule has 0 amide bonds. The van der Waals surface area contributed by atoms with E-state index in [2.05, 4.69) is 6.92 Å². The van der Waals surface area contributed by atoms with Gasteiger partial charge in [0.25, 0.3) is 0 Å². The Kier molecular flexibility index (Phi) is 5.47. The molecular weight excluding hydrogens is 99.5 g/mol. The van der Waals surface area contributed by atoms with Crippen molar-refractivity contribution in [1.82, 2.24) is 0 Å². The van der Waals surface area contributed by atoms with E-state index in [1.165, 1.54) is 0 Å². The highest BCUT2D eigenvalue weighted by Crippen LogP contribution is 1.74. The molecule has 2 heteroatoms. The van der Waals surface area contributed by atoms with Crippen LogP contribution < -0.4 is 0 Å². The van der Waals surface area contributed by atoms with Gasteiger partial charge in [0.1, 0.15) is 0 Å². The highest BCUT2D eigenvalue weighted by molar-refractivity contribution is 6.17. The topological polar surface area (TPSA) is 9.23 Å². The molecule has 1 radical (unpaired) electrons. The van der Waals surface area contributed by atoms with Crippen molar-refractivity contribution < 1.29 is 4.74 Å². The monoisotopic (exact) mass is 107 g/mol. The average molecular weight is 108 g/mol. The smallest absolute Gasteiger partial charge is 0.0601 e. The van der Waals surface area contributed by atoms with Crippen molar-refractivity contribution in [3.05, 3.63) is 6.92 Å². The normalized spacial score (nSPS) is 9.00. The Hall–Kier alpha value is 0.250. The molecule has 0 heterocycles. The Labute approximate surface area is 43.3 Å². The van der Waals surface area contributed by atoms with Crippen molar-refractivity contribution in [3.63, 3.8) is 0 Å². The summed E-state index contributed by atoms with van der Waals surface area (Å²) in [4.78, 5) is 0. The first-order valence-corrected chi connectivity index (χ1v) is 2.38. The maximum Gasteiger partial charge on any atom is 0.0601 e. The molecule has 0 N–H and O–H groups in total. The molecule has 0 rings (SSSR count). The first kappa shape index (κ1) is 6.25. The van der Waals surface area contributed by atoms with Gasteiger partial charge in [0, 0.05) is 12.5 Å². The molecule has 6 heavy (non-hydrogen) atoms. The zero-order valence-corrected chi connectivity index (χ0v) is 4.37. The summed E-state index contributed by atoms with van der Waals surface area (Å²) in [7, 11) is 0. The van der Waals surface area contributed by atoms with E-state index < -0.39 is 0 Å². The van der Waals surface area contributed by atoms with Gasteiger partial charge in [-0.05, 0) is 6.92 Å². The third kappa shape index (κ3) is 4.25. The molecule has 0 unspecified atom stereocenters. The van der Waals surface area contributed by atoms with E-state index >= 15 is 0 Å². The Morgan fingerprint density at radius 1 is 1.67 bits per heavy atom. The number of alkyl halides is 1. The quantitative estimate of drug-likeness (QED) is 0.387. The minimum absolute atomic E-state index is 0.521. The Morgan fingerprint density at radius 2 is 2.33 bits per heavy atom. The van der Waals surface area contributed by atoms with Crippen molar-refractivity contribution in [2.75, 3.05) is 19.1 Å². The third-order valence-electron chi connectivity index (χ3n) is 0.366. The van der Waals surface area contributed by atoms with Crippen LogP contribution in [0, 0.1) is 6.92 Å². The predicted molar refractivity (Wildman–Crippen MR) is 26.9 cm³/mol. The van der Waals surface area contributed by atoms with Gasteiger partial charge in [0.05, 0.1) is 6.61 Å². The number of halogens is 1. The molecule has 0 aromatic rings. The van der Waals surface area contributed by atoms with Gasteiger partial charge in [-0.15, -0.1) is 11.6 Å². The summed E-state index contributed by atoms with van der Waals surface area (Å²) in [6.07, 6.45) is 0. The summed E-state index contributed by atoms with van der Waals surface area (Å²) in [6.45, 7) is 4.58. The molecule has 0 bridgehead atoms. The molecule has 0 saturated heterocycles. The zero-order valence-electron chi connectivity index (χ0n) is 3.61. The lowest BCUT2D eigenvalue weighted by Gasteiger charge is -1.90. The van der Waals surface area contributed by atoms with E-state index in [1.807, 2.05) is 0 Å². The van der Waals surface area contributed by atoms with Crippen LogP contribution in [0.3, 0.4) is 0 Å². The number of rotatable bonds is 3. The van der Waals surface area contributed by atoms with Crippen LogP contribution in [0.2, 0.25) is 0 Å². The number of ether oxygens (including phenoxy) is 1. The van der Waals surface area contributed by atoms with Crippen LogP contribution in [-0.2, 0) is 4.74 Å². The second-order valence-corrected chi connectivity index (χ2v) is 1.18. The summed E-state index contributed by atoms with van der Waals surface area (Å²) < 4.78 is 4.74. The zero-order chi connectivity index (χ0) is 4.83. The van der Waals surface area contributed by atoms with Crippen molar-refractivity contribution >= 4 is 11.6 Å². The molecule has 1 nitrogen and oxygen atoms in total. The Morgan fingerprint density at radius 3 is 2.50 bits per heavy atom. The molecule has 0 aromatic heterocycles. The maximum atomic E-state index is 5.23. The molecule has 0 saturated carbocycles. The molecule has 0 aliphatic carbocycles. The van der Waals surface area contributed by atoms with Gasteiger partial charge >= 0.3 is 0 Å². The largest absolute Gasteiger partial charge is 0.380 e. The van der Waals surface area contributed by atoms with Crippen LogP contribution in [0.15, 0.2) is 0 Å². The van der Waals surface area contributed by atoms with Gasteiger partial charge in [-0.1, -0.05) is 0 Å². The fourth-order valence-electron chi connectivity index (χ4n) is 0.157. The van der Waals surface area contributed by atoms with E-state index in [1.54, 1.807) is 0 Å². The molecule has 0 fully saturated rings. The van der Waals surface area contributed by atoms with Crippen LogP contribution in [0.4, 0.5) is 0 Å². The van der Waals surface area contributed by atoms with Gasteiger partial charge in [-0.3, -0.25) is 0 Å². The molecule has 0 atom stereocenters. The second-order valence-electron chi connectivity index (χ2n) is 0.801. The number of hydrogen-bond donors (Lipinski definition) is 0. The summed E-state index contributed by atoms with van der Waals surface area (Å²) in [5, 5.41) is 0. The van der Waals surface area contributed by atoms with Gasteiger partial charge in [-0.25, -0.2) is 0 Å². The first-order valence-electron chi connectivity index (χ1n) is 1.84. The van der Waals surface area contributed by atoms with E-state index in [9.17, 15) is 0 Å². The second kappa shape index (κ2) is 5.25. The maximum absolute atomic E-state index is 5.23. The van der Waals surface area contributed by atoms with E-state index in [-0.39, 0.29) is 0 Å². The molecule has 0 aliphatic rings. The van der Waals surface area contributed by atoms with Gasteiger partial charge in [0.15, 0.2) is 0 Å². The van der Waals surface area contributed by atoms with E-state index in [4.69, 9.17) is 16.3 Å². The van der Waals surface area contributed by atoms with Crippen LogP contribution in [0.25, 0.3) is 0 Å². The lowest BCUT2D eigenvalue weighted by atomic mass is 10.8. The van der Waals surface area contributed by atoms with Crippen LogP contribution in [-0.4, -0.2) is 19.1 Å². The molecule has 37 valence electrons. The van der Waals surface area contributed by atoms with Gasteiger partial charge in [0.2, 0.25) is 0 Å². The fraction of sp³-hybridized carbons (Fsp3) is 0.750. The minimum atomic E-state index is 0.521. The molecule has 0 spiro atoms. The predicted octanol–water partition coefficient (Wildman–Crippen LogP) is 1.08. The van der Waals surface area contributed by atoms with Crippen molar-refractivity contribution in [2.24, 2.45) is 0 Å². The average Bonchev–Trinajstić information content (AvgIpc) is 1.61. The Bertz CT molecular complexity index is 19.5. The Balaban J connectivity index is 2.34.